The van der Waals surface area contributed by atoms with Crippen molar-refractivity contribution >= 4 is 33.0 Å². The highest BCUT2D eigenvalue weighted by molar-refractivity contribution is 7.91. The minimum atomic E-state index is -4.80. The number of sulfone groups is 1. The van der Waals surface area contributed by atoms with E-state index >= 15 is 0 Å². The normalized spacial score (nSPS) is 14.4. The summed E-state index contributed by atoms with van der Waals surface area (Å²) in [6.45, 7) is 0.367. The van der Waals surface area contributed by atoms with E-state index in [0.717, 1.165) is 6.07 Å². The number of fused-ring (bicyclic) bond motifs is 1. The molecule has 1 heterocycles. The van der Waals surface area contributed by atoms with Crippen LogP contribution >= 0.6 is 11.6 Å². The highest BCUT2D eigenvalue weighted by Crippen LogP contribution is 2.33. The molecule has 1 amide bonds. The van der Waals surface area contributed by atoms with Gasteiger partial charge in [0, 0.05) is 23.7 Å². The molecule has 0 atom stereocenters. The Balaban J connectivity index is 1.72. The summed E-state index contributed by atoms with van der Waals surface area (Å²) in [6.07, 6.45) is -3.99. The van der Waals surface area contributed by atoms with Crippen LogP contribution in [0.25, 0.3) is 0 Å². The fourth-order valence-corrected chi connectivity index (χ4v) is 4.50. The number of ether oxygens (including phenoxy) is 1. The van der Waals surface area contributed by atoms with Gasteiger partial charge >= 0.3 is 6.36 Å². The van der Waals surface area contributed by atoms with Crippen LogP contribution in [-0.2, 0) is 21.1 Å². The predicted molar refractivity (Wildman–Crippen MR) is 102 cm³/mol. The zero-order chi connectivity index (χ0) is 21.2. The van der Waals surface area contributed by atoms with Gasteiger partial charge in [0.05, 0.1) is 10.6 Å². The van der Waals surface area contributed by atoms with Crippen LogP contribution in [0.15, 0.2) is 47.4 Å². The number of nitrogens with zero attached hydrogens (tertiary/aromatic N) is 1. The van der Waals surface area contributed by atoms with Crippen LogP contribution in [0.5, 0.6) is 5.75 Å². The van der Waals surface area contributed by atoms with Crippen LogP contribution in [0.4, 0.5) is 18.9 Å². The number of hydrogen-bond donors (Lipinski definition) is 0. The summed E-state index contributed by atoms with van der Waals surface area (Å²) in [4.78, 5) is 14.1. The molecule has 156 valence electrons. The van der Waals surface area contributed by atoms with Gasteiger partial charge in [-0.05, 0) is 60.9 Å². The van der Waals surface area contributed by atoms with Crippen molar-refractivity contribution < 1.29 is 31.1 Å². The lowest BCUT2D eigenvalue weighted by atomic mass is 10.0. The molecule has 0 spiro atoms. The van der Waals surface area contributed by atoms with E-state index in [9.17, 15) is 26.4 Å². The first-order valence-corrected chi connectivity index (χ1v) is 10.8. The van der Waals surface area contributed by atoms with Gasteiger partial charge in [-0.25, -0.2) is 8.42 Å². The first-order valence-electron chi connectivity index (χ1n) is 8.72. The van der Waals surface area contributed by atoms with Crippen molar-refractivity contribution in [3.63, 3.8) is 0 Å². The van der Waals surface area contributed by atoms with Crippen molar-refractivity contribution in [1.82, 2.24) is 0 Å². The fraction of sp³-hybridized carbons (Fsp3) is 0.316. The summed E-state index contributed by atoms with van der Waals surface area (Å²) in [6, 6.07) is 9.45. The second-order valence-electron chi connectivity index (χ2n) is 6.51. The van der Waals surface area contributed by atoms with Crippen molar-refractivity contribution in [2.45, 2.75) is 30.5 Å². The summed E-state index contributed by atoms with van der Waals surface area (Å²) < 4.78 is 66.0. The van der Waals surface area contributed by atoms with Gasteiger partial charge in [-0.2, -0.15) is 0 Å². The van der Waals surface area contributed by atoms with E-state index in [4.69, 9.17) is 11.6 Å². The van der Waals surface area contributed by atoms with E-state index in [2.05, 4.69) is 4.74 Å². The van der Waals surface area contributed by atoms with E-state index in [1.54, 1.807) is 0 Å². The minimum absolute atomic E-state index is 0.0719. The standard InChI is InChI=1S/C19H17ClF3NO4S/c20-14-3-6-16(7-4-14)29(26,27)11-9-18(25)24-10-1-2-13-12-15(5-8-17(13)24)28-19(21,22)23/h3-8,12H,1-2,9-11H2. The molecule has 0 N–H and O–H groups in total. The number of hydrogen-bond acceptors (Lipinski definition) is 4. The van der Waals surface area contributed by atoms with Crippen molar-refractivity contribution in [3.8, 4) is 5.75 Å². The largest absolute Gasteiger partial charge is 0.573 e. The molecule has 2 aromatic carbocycles. The Kier molecular flexibility index (Phi) is 6.09. The number of aryl methyl sites for hydroxylation is 1. The summed E-state index contributed by atoms with van der Waals surface area (Å²) in [5, 5.41) is 0.402. The van der Waals surface area contributed by atoms with E-state index in [0.29, 0.717) is 35.7 Å². The maximum Gasteiger partial charge on any atom is 0.573 e. The van der Waals surface area contributed by atoms with Gasteiger partial charge in [0.25, 0.3) is 0 Å². The number of carbonyl (C=O) groups is 1. The topological polar surface area (TPSA) is 63.7 Å². The van der Waals surface area contributed by atoms with Crippen LogP contribution in [0, 0.1) is 0 Å². The molecule has 0 radical (unpaired) electrons. The Bertz CT molecular complexity index is 1010. The number of carbonyl (C=O) groups excluding carboxylic acids is 1. The maximum atomic E-state index is 12.6. The molecule has 0 saturated heterocycles. The average molecular weight is 448 g/mol. The second-order valence-corrected chi connectivity index (χ2v) is 9.06. The van der Waals surface area contributed by atoms with E-state index < -0.39 is 22.1 Å². The van der Waals surface area contributed by atoms with Crippen LogP contribution in [0.3, 0.4) is 0 Å². The Hall–Kier alpha value is -2.26. The smallest absolute Gasteiger partial charge is 0.406 e. The van der Waals surface area contributed by atoms with Gasteiger partial charge in [-0.1, -0.05) is 11.6 Å². The van der Waals surface area contributed by atoms with Crippen molar-refractivity contribution in [2.24, 2.45) is 0 Å². The minimum Gasteiger partial charge on any atom is -0.406 e. The molecule has 0 aliphatic carbocycles. The lowest BCUT2D eigenvalue weighted by molar-refractivity contribution is -0.274. The molecule has 10 heteroatoms. The first-order chi connectivity index (χ1) is 13.5. The Morgan fingerprint density at radius 1 is 1.14 bits per heavy atom. The average Bonchev–Trinajstić information content (AvgIpc) is 2.64. The third-order valence-electron chi connectivity index (χ3n) is 4.46. The number of rotatable bonds is 5. The number of alkyl halides is 3. The van der Waals surface area contributed by atoms with Gasteiger partial charge in [0.15, 0.2) is 9.84 Å². The van der Waals surface area contributed by atoms with Crippen molar-refractivity contribution in [2.75, 3.05) is 17.2 Å². The summed E-state index contributed by atoms with van der Waals surface area (Å²) in [5.41, 5.74) is 1.02. The van der Waals surface area contributed by atoms with Crippen LogP contribution < -0.4 is 9.64 Å². The van der Waals surface area contributed by atoms with Crippen molar-refractivity contribution in [3.05, 3.63) is 53.1 Å². The third-order valence-corrected chi connectivity index (χ3v) is 6.45. The van der Waals surface area contributed by atoms with Crippen LogP contribution in [-0.4, -0.2) is 33.0 Å². The Morgan fingerprint density at radius 2 is 1.83 bits per heavy atom. The summed E-state index contributed by atoms with van der Waals surface area (Å²) in [5.74, 6) is -1.14. The molecule has 0 unspecified atom stereocenters. The molecular formula is C19H17ClF3NO4S. The van der Waals surface area contributed by atoms with Crippen LogP contribution in [0.2, 0.25) is 5.02 Å². The van der Waals surface area contributed by atoms with Crippen LogP contribution in [0.1, 0.15) is 18.4 Å². The van der Waals surface area contributed by atoms with Gasteiger partial charge < -0.3 is 9.64 Å². The second kappa shape index (κ2) is 8.23. The van der Waals surface area contributed by atoms with Gasteiger partial charge in [0.1, 0.15) is 5.75 Å². The molecule has 3 rings (SSSR count). The lowest BCUT2D eigenvalue weighted by Crippen LogP contribution is -2.36. The zero-order valence-electron chi connectivity index (χ0n) is 15.1. The molecule has 0 aromatic heterocycles. The van der Waals surface area contributed by atoms with E-state index in [1.165, 1.54) is 41.3 Å². The third kappa shape index (κ3) is 5.42. The molecule has 0 saturated carbocycles. The molecule has 2 aromatic rings. The van der Waals surface area contributed by atoms with Gasteiger partial charge in [-0.15, -0.1) is 13.2 Å². The zero-order valence-corrected chi connectivity index (χ0v) is 16.6. The highest BCUT2D eigenvalue weighted by atomic mass is 35.5. The molecule has 29 heavy (non-hydrogen) atoms. The van der Waals surface area contributed by atoms with E-state index in [1.807, 2.05) is 0 Å². The number of benzene rings is 2. The summed E-state index contributed by atoms with van der Waals surface area (Å²) >= 11 is 5.76. The number of anilines is 1. The molecule has 1 aliphatic heterocycles. The fourth-order valence-electron chi connectivity index (χ4n) is 3.15. The quantitative estimate of drug-likeness (QED) is 0.682. The molecule has 0 fully saturated rings. The Labute approximate surface area is 170 Å². The number of halogens is 4. The highest BCUT2D eigenvalue weighted by Gasteiger charge is 2.32. The molecule has 0 bridgehead atoms. The SMILES string of the molecule is O=C(CCS(=O)(=O)c1ccc(Cl)cc1)N1CCCc2cc(OC(F)(F)F)ccc21. The molecular weight excluding hydrogens is 431 g/mol. The number of amides is 1. The summed E-state index contributed by atoms with van der Waals surface area (Å²) in [7, 11) is -3.67. The maximum absolute atomic E-state index is 12.6. The van der Waals surface area contributed by atoms with Gasteiger partial charge in [0.2, 0.25) is 5.91 Å². The predicted octanol–water partition coefficient (Wildman–Crippen LogP) is 4.38. The monoisotopic (exact) mass is 447 g/mol. The van der Waals surface area contributed by atoms with E-state index in [-0.39, 0.29) is 22.8 Å². The Morgan fingerprint density at radius 3 is 2.48 bits per heavy atom. The van der Waals surface area contributed by atoms with Crippen molar-refractivity contribution in [1.29, 1.82) is 0 Å². The lowest BCUT2D eigenvalue weighted by Gasteiger charge is -2.30. The first kappa shape index (κ1) is 21.4. The molecule has 1 aliphatic rings. The molecule has 5 nitrogen and oxygen atoms in total. The van der Waals surface area contributed by atoms with Gasteiger partial charge in [-0.3, -0.25) is 4.79 Å².